The van der Waals surface area contributed by atoms with Gasteiger partial charge in [-0.15, -0.1) is 0 Å². The fourth-order valence-corrected chi connectivity index (χ4v) is 2.47. The number of hydrogen-bond acceptors (Lipinski definition) is 7. The van der Waals surface area contributed by atoms with Gasteiger partial charge in [-0.05, 0) is 54.4 Å². The molecule has 154 valence electrons. The maximum atomic E-state index is 13.0. The Bertz CT molecular complexity index is 1020. The molecule has 9 heteroatoms. The number of hydrogen-bond donors (Lipinski definition) is 1. The highest BCUT2D eigenvalue weighted by Crippen LogP contribution is 2.29. The first kappa shape index (κ1) is 20.7. The summed E-state index contributed by atoms with van der Waals surface area (Å²) in [6, 6.07) is 14.2. The third-order valence-corrected chi connectivity index (χ3v) is 3.93. The summed E-state index contributed by atoms with van der Waals surface area (Å²) in [6.45, 7) is 2.60. The van der Waals surface area contributed by atoms with Crippen molar-refractivity contribution in [3.63, 3.8) is 0 Å². The van der Waals surface area contributed by atoms with E-state index in [-0.39, 0.29) is 18.1 Å². The molecular formula is C21H19FN4O4. The normalized spacial score (nSPS) is 10.7. The fraction of sp³-hybridized carbons (Fsp3) is 0.143. The number of halogens is 1. The summed E-state index contributed by atoms with van der Waals surface area (Å²) in [5.41, 5.74) is 4.20. The van der Waals surface area contributed by atoms with Gasteiger partial charge in [-0.2, -0.15) is 5.10 Å². The molecule has 1 N–H and O–H groups in total. The van der Waals surface area contributed by atoms with Crippen LogP contribution in [0.15, 0.2) is 65.9 Å². The predicted octanol–water partition coefficient (Wildman–Crippen LogP) is 4.55. The van der Waals surface area contributed by atoms with Crippen molar-refractivity contribution in [1.82, 2.24) is 4.98 Å². The van der Waals surface area contributed by atoms with Crippen LogP contribution in [0, 0.1) is 15.9 Å². The van der Waals surface area contributed by atoms with E-state index in [1.807, 2.05) is 6.92 Å². The standard InChI is InChI=1S/C21H19FN4O4/c1-2-29-20-11-16(12-24-25-21-10-8-18(13-23-21)26(27)28)5-9-19(20)30-14-15-3-6-17(22)7-4-15/h3-13H,2,14H2,1H3,(H,23,25)/b24-12+. The Morgan fingerprint density at radius 3 is 2.60 bits per heavy atom. The summed E-state index contributed by atoms with van der Waals surface area (Å²) in [6.07, 6.45) is 2.72. The third-order valence-electron chi connectivity index (χ3n) is 3.93. The SMILES string of the molecule is CCOc1cc(/C=N/Nc2ccc([N+](=O)[O-])cn2)ccc1OCc1ccc(F)cc1. The highest BCUT2D eigenvalue weighted by Gasteiger charge is 2.07. The smallest absolute Gasteiger partial charge is 0.287 e. The van der Waals surface area contributed by atoms with Crippen LogP contribution in [0.3, 0.4) is 0 Å². The van der Waals surface area contributed by atoms with Gasteiger partial charge in [-0.3, -0.25) is 15.5 Å². The number of rotatable bonds is 9. The van der Waals surface area contributed by atoms with Crippen LogP contribution in [-0.2, 0) is 6.61 Å². The summed E-state index contributed by atoms with van der Waals surface area (Å²) in [4.78, 5) is 14.0. The molecule has 2 aromatic carbocycles. The number of nitro groups is 1. The summed E-state index contributed by atoms with van der Waals surface area (Å²) >= 11 is 0. The molecule has 30 heavy (non-hydrogen) atoms. The first-order valence-corrected chi connectivity index (χ1v) is 9.09. The number of nitrogens with one attached hydrogen (secondary N) is 1. The monoisotopic (exact) mass is 410 g/mol. The Hall–Kier alpha value is -4.01. The molecule has 0 aliphatic rings. The summed E-state index contributed by atoms with van der Waals surface area (Å²) in [5, 5.41) is 14.7. The van der Waals surface area contributed by atoms with Crippen LogP contribution in [0.4, 0.5) is 15.9 Å². The van der Waals surface area contributed by atoms with E-state index in [0.717, 1.165) is 17.3 Å². The molecule has 0 atom stereocenters. The molecule has 0 fully saturated rings. The third kappa shape index (κ3) is 5.74. The van der Waals surface area contributed by atoms with Crippen molar-refractivity contribution >= 4 is 17.7 Å². The second-order valence-electron chi connectivity index (χ2n) is 6.08. The zero-order valence-corrected chi connectivity index (χ0v) is 16.1. The van der Waals surface area contributed by atoms with Gasteiger partial charge in [0, 0.05) is 6.07 Å². The highest BCUT2D eigenvalue weighted by molar-refractivity contribution is 5.81. The van der Waals surface area contributed by atoms with Gasteiger partial charge in [0.1, 0.15) is 24.4 Å². The van der Waals surface area contributed by atoms with Crippen LogP contribution in [0.25, 0.3) is 0 Å². The van der Waals surface area contributed by atoms with Crippen LogP contribution in [0.1, 0.15) is 18.1 Å². The van der Waals surface area contributed by atoms with Crippen LogP contribution in [0.2, 0.25) is 0 Å². The minimum absolute atomic E-state index is 0.0953. The maximum absolute atomic E-state index is 13.0. The molecule has 0 bridgehead atoms. The van der Waals surface area contributed by atoms with Gasteiger partial charge in [-0.1, -0.05) is 12.1 Å². The van der Waals surface area contributed by atoms with Crippen molar-refractivity contribution in [2.75, 3.05) is 12.0 Å². The van der Waals surface area contributed by atoms with Crippen molar-refractivity contribution in [3.8, 4) is 11.5 Å². The minimum Gasteiger partial charge on any atom is -0.490 e. The zero-order chi connectivity index (χ0) is 21.3. The van der Waals surface area contributed by atoms with E-state index in [0.29, 0.717) is 23.9 Å². The Morgan fingerprint density at radius 2 is 1.93 bits per heavy atom. The molecule has 0 spiro atoms. The summed E-state index contributed by atoms with van der Waals surface area (Å²) in [5.74, 6) is 1.19. The lowest BCUT2D eigenvalue weighted by Gasteiger charge is -2.12. The molecule has 0 aliphatic carbocycles. The molecule has 3 rings (SSSR count). The molecule has 1 aromatic heterocycles. The van der Waals surface area contributed by atoms with E-state index in [4.69, 9.17) is 9.47 Å². The van der Waals surface area contributed by atoms with Crippen LogP contribution in [0.5, 0.6) is 11.5 Å². The average Bonchev–Trinajstić information content (AvgIpc) is 2.75. The van der Waals surface area contributed by atoms with E-state index < -0.39 is 4.92 Å². The Morgan fingerprint density at radius 1 is 1.13 bits per heavy atom. The van der Waals surface area contributed by atoms with Gasteiger partial charge in [0.2, 0.25) is 0 Å². The number of hydrazone groups is 1. The first-order chi connectivity index (χ1) is 14.5. The van der Waals surface area contributed by atoms with Crippen molar-refractivity contribution in [1.29, 1.82) is 0 Å². The number of pyridine rings is 1. The van der Waals surface area contributed by atoms with Crippen molar-refractivity contribution in [2.24, 2.45) is 5.10 Å². The second kappa shape index (κ2) is 9.97. The van der Waals surface area contributed by atoms with Crippen molar-refractivity contribution < 1.29 is 18.8 Å². The van der Waals surface area contributed by atoms with Crippen LogP contribution in [-0.4, -0.2) is 22.7 Å². The minimum atomic E-state index is -0.519. The average molecular weight is 410 g/mol. The lowest BCUT2D eigenvalue weighted by molar-refractivity contribution is -0.385. The quantitative estimate of drug-likeness (QED) is 0.316. The zero-order valence-electron chi connectivity index (χ0n) is 16.1. The van der Waals surface area contributed by atoms with Gasteiger partial charge in [0.25, 0.3) is 5.69 Å². The van der Waals surface area contributed by atoms with E-state index in [2.05, 4.69) is 15.5 Å². The number of nitrogens with zero attached hydrogens (tertiary/aromatic N) is 3. The summed E-state index contributed by atoms with van der Waals surface area (Å²) < 4.78 is 24.5. The maximum Gasteiger partial charge on any atom is 0.287 e. The first-order valence-electron chi connectivity index (χ1n) is 9.09. The lowest BCUT2D eigenvalue weighted by atomic mass is 10.2. The Kier molecular flexibility index (Phi) is 6.88. The molecule has 0 saturated carbocycles. The predicted molar refractivity (Wildman–Crippen MR) is 110 cm³/mol. The molecule has 0 saturated heterocycles. The van der Waals surface area contributed by atoms with Crippen molar-refractivity contribution in [3.05, 3.63) is 87.9 Å². The number of ether oxygens (including phenoxy) is 2. The lowest BCUT2D eigenvalue weighted by Crippen LogP contribution is -2.01. The van der Waals surface area contributed by atoms with Gasteiger partial charge >= 0.3 is 0 Å². The molecule has 0 amide bonds. The molecule has 0 unspecified atom stereocenters. The molecule has 1 heterocycles. The molecule has 0 radical (unpaired) electrons. The largest absolute Gasteiger partial charge is 0.490 e. The van der Waals surface area contributed by atoms with Crippen molar-refractivity contribution in [2.45, 2.75) is 13.5 Å². The van der Waals surface area contributed by atoms with Gasteiger partial charge in [-0.25, -0.2) is 9.37 Å². The molecular weight excluding hydrogens is 391 g/mol. The summed E-state index contributed by atoms with van der Waals surface area (Å²) in [7, 11) is 0. The molecule has 8 nitrogen and oxygen atoms in total. The Balaban J connectivity index is 1.65. The topological polar surface area (TPSA) is 98.9 Å². The number of aromatic nitrogens is 1. The van der Waals surface area contributed by atoms with Gasteiger partial charge in [0.05, 0.1) is 17.7 Å². The highest BCUT2D eigenvalue weighted by atomic mass is 19.1. The Labute approximate surface area is 172 Å². The fourth-order valence-electron chi connectivity index (χ4n) is 2.47. The van der Waals surface area contributed by atoms with Crippen LogP contribution >= 0.6 is 0 Å². The van der Waals surface area contributed by atoms with E-state index in [1.165, 1.54) is 24.3 Å². The number of benzene rings is 2. The van der Waals surface area contributed by atoms with E-state index in [1.54, 1.807) is 36.5 Å². The van der Waals surface area contributed by atoms with Crippen LogP contribution < -0.4 is 14.9 Å². The van der Waals surface area contributed by atoms with E-state index in [9.17, 15) is 14.5 Å². The van der Waals surface area contributed by atoms with Gasteiger partial charge < -0.3 is 9.47 Å². The molecule has 0 aliphatic heterocycles. The van der Waals surface area contributed by atoms with E-state index >= 15 is 0 Å². The van der Waals surface area contributed by atoms with Gasteiger partial charge in [0.15, 0.2) is 11.5 Å². The second-order valence-corrected chi connectivity index (χ2v) is 6.08. The number of anilines is 1. The molecule has 3 aromatic rings.